The van der Waals surface area contributed by atoms with Crippen LogP contribution in [0.5, 0.6) is 0 Å². The van der Waals surface area contributed by atoms with E-state index in [0.29, 0.717) is 24.0 Å². The summed E-state index contributed by atoms with van der Waals surface area (Å²) in [7, 11) is 0. The Morgan fingerprint density at radius 3 is 3.04 bits per heavy atom. The highest BCUT2D eigenvalue weighted by Gasteiger charge is 2.29. The monoisotopic (exact) mass is 327 g/mol. The van der Waals surface area contributed by atoms with Crippen LogP contribution in [0, 0.1) is 12.7 Å². The Morgan fingerprint density at radius 1 is 1.42 bits per heavy atom. The Kier molecular flexibility index (Phi) is 3.59. The highest BCUT2D eigenvalue weighted by molar-refractivity contribution is 5.99. The number of carbonyl (C=O) groups excluding carboxylic acids is 1. The quantitative estimate of drug-likeness (QED) is 0.723. The number of para-hydroxylation sites is 1. The number of aryl methyl sites for hydroxylation is 1. The van der Waals surface area contributed by atoms with Gasteiger partial charge in [-0.1, -0.05) is 12.1 Å². The number of amides is 1. The molecule has 0 saturated carbocycles. The number of carbonyl (C=O) groups is 1. The van der Waals surface area contributed by atoms with Crippen LogP contribution in [0.15, 0.2) is 41.3 Å². The Bertz CT molecular complexity index is 885. The Labute approximate surface area is 138 Å². The number of likely N-dealkylation sites (tertiary alicyclic amines) is 1. The maximum atomic E-state index is 13.9. The van der Waals surface area contributed by atoms with Crippen molar-refractivity contribution in [2.45, 2.75) is 25.8 Å². The molecule has 5 nitrogen and oxygen atoms in total. The van der Waals surface area contributed by atoms with Gasteiger partial charge < -0.3 is 13.9 Å². The lowest BCUT2D eigenvalue weighted by Crippen LogP contribution is -2.40. The van der Waals surface area contributed by atoms with E-state index in [0.717, 1.165) is 12.8 Å². The van der Waals surface area contributed by atoms with Gasteiger partial charge in [0.05, 0.1) is 12.4 Å². The molecule has 0 aliphatic carbocycles. The van der Waals surface area contributed by atoms with Crippen molar-refractivity contribution in [3.63, 3.8) is 0 Å². The molecular weight excluding hydrogens is 309 g/mol. The molecule has 1 aliphatic rings. The molecule has 0 bridgehead atoms. The second kappa shape index (κ2) is 5.78. The predicted molar refractivity (Wildman–Crippen MR) is 87.3 cm³/mol. The van der Waals surface area contributed by atoms with E-state index in [1.165, 1.54) is 6.07 Å². The van der Waals surface area contributed by atoms with Crippen LogP contribution in [0.3, 0.4) is 0 Å². The van der Waals surface area contributed by atoms with Crippen molar-refractivity contribution in [1.29, 1.82) is 0 Å². The van der Waals surface area contributed by atoms with Crippen LogP contribution in [0.25, 0.3) is 11.0 Å². The topological polar surface area (TPSA) is 51.3 Å². The second-order valence-corrected chi connectivity index (χ2v) is 6.23. The number of hydrogen-bond donors (Lipinski definition) is 0. The average molecular weight is 327 g/mol. The SMILES string of the molecule is Cc1c(C(=O)N2CCC[C@@H](n3ccnc3)C2)oc2c(F)cccc12. The molecule has 1 atom stereocenters. The van der Waals surface area contributed by atoms with Gasteiger partial charge in [-0.3, -0.25) is 4.79 Å². The summed E-state index contributed by atoms with van der Waals surface area (Å²) in [5, 5.41) is 0.654. The highest BCUT2D eigenvalue weighted by Crippen LogP contribution is 2.30. The summed E-state index contributed by atoms with van der Waals surface area (Å²) in [6.07, 6.45) is 7.37. The van der Waals surface area contributed by atoms with Crippen LogP contribution in [0.1, 0.15) is 35.0 Å². The lowest BCUT2D eigenvalue weighted by molar-refractivity contribution is 0.0648. The molecule has 0 spiro atoms. The van der Waals surface area contributed by atoms with Crippen molar-refractivity contribution in [3.8, 4) is 0 Å². The molecule has 1 saturated heterocycles. The predicted octanol–water partition coefficient (Wildman–Crippen LogP) is 3.55. The summed E-state index contributed by atoms with van der Waals surface area (Å²) in [6.45, 7) is 3.09. The number of benzene rings is 1. The number of aromatic nitrogens is 2. The molecule has 1 aromatic carbocycles. The number of nitrogens with zero attached hydrogens (tertiary/aromatic N) is 3. The number of fused-ring (bicyclic) bond motifs is 1. The van der Waals surface area contributed by atoms with Crippen molar-refractivity contribution < 1.29 is 13.6 Å². The van der Waals surface area contributed by atoms with E-state index in [4.69, 9.17) is 4.42 Å². The number of halogens is 1. The molecular formula is C18H18FN3O2. The second-order valence-electron chi connectivity index (χ2n) is 6.23. The van der Waals surface area contributed by atoms with Crippen LogP contribution in [-0.2, 0) is 0 Å². The van der Waals surface area contributed by atoms with Crippen molar-refractivity contribution in [3.05, 3.63) is 54.1 Å². The van der Waals surface area contributed by atoms with E-state index in [1.807, 2.05) is 10.8 Å². The molecule has 2 aromatic heterocycles. The zero-order chi connectivity index (χ0) is 16.7. The first-order valence-electron chi connectivity index (χ1n) is 8.09. The summed E-state index contributed by atoms with van der Waals surface area (Å²) in [6, 6.07) is 4.96. The van der Waals surface area contributed by atoms with E-state index >= 15 is 0 Å². The van der Waals surface area contributed by atoms with E-state index in [1.54, 1.807) is 36.5 Å². The summed E-state index contributed by atoms with van der Waals surface area (Å²) in [4.78, 5) is 18.8. The van der Waals surface area contributed by atoms with Crippen LogP contribution >= 0.6 is 0 Å². The molecule has 0 radical (unpaired) electrons. The van der Waals surface area contributed by atoms with Gasteiger partial charge >= 0.3 is 0 Å². The van der Waals surface area contributed by atoms with Gasteiger partial charge in [0.1, 0.15) is 0 Å². The van der Waals surface area contributed by atoms with Crippen molar-refractivity contribution in [2.75, 3.05) is 13.1 Å². The first-order valence-corrected chi connectivity index (χ1v) is 8.09. The average Bonchev–Trinajstić information content (AvgIpc) is 3.24. The largest absolute Gasteiger partial charge is 0.448 e. The van der Waals surface area contributed by atoms with Gasteiger partial charge in [-0.15, -0.1) is 0 Å². The molecule has 124 valence electrons. The summed E-state index contributed by atoms with van der Waals surface area (Å²) in [5.41, 5.74) is 0.848. The summed E-state index contributed by atoms with van der Waals surface area (Å²) >= 11 is 0. The lowest BCUT2D eigenvalue weighted by Gasteiger charge is -2.33. The zero-order valence-corrected chi connectivity index (χ0v) is 13.4. The fraction of sp³-hybridized carbons (Fsp3) is 0.333. The third-order valence-corrected chi connectivity index (χ3v) is 4.74. The maximum absolute atomic E-state index is 13.9. The minimum atomic E-state index is -0.440. The first kappa shape index (κ1) is 14.9. The Morgan fingerprint density at radius 2 is 2.29 bits per heavy atom. The molecule has 0 unspecified atom stereocenters. The maximum Gasteiger partial charge on any atom is 0.289 e. The van der Waals surface area contributed by atoms with E-state index in [9.17, 15) is 9.18 Å². The number of furan rings is 1. The van der Waals surface area contributed by atoms with Gasteiger partial charge in [-0.25, -0.2) is 9.37 Å². The minimum absolute atomic E-state index is 0.154. The number of rotatable bonds is 2. The standard InChI is InChI=1S/C18H18FN3O2/c1-12-14-5-2-6-15(19)17(14)24-16(12)18(23)21-8-3-4-13(10-21)22-9-7-20-11-22/h2,5-7,9,11,13H,3-4,8,10H2,1H3/t13-/m1/s1. The third-order valence-electron chi connectivity index (χ3n) is 4.74. The molecule has 4 rings (SSSR count). The first-order chi connectivity index (χ1) is 11.6. The molecule has 0 N–H and O–H groups in total. The van der Waals surface area contributed by atoms with Crippen LogP contribution in [0.2, 0.25) is 0 Å². The molecule has 1 amide bonds. The fourth-order valence-electron chi connectivity index (χ4n) is 3.42. The summed E-state index contributed by atoms with van der Waals surface area (Å²) < 4.78 is 21.5. The van der Waals surface area contributed by atoms with Crippen LogP contribution in [0.4, 0.5) is 4.39 Å². The van der Waals surface area contributed by atoms with Gasteiger partial charge in [0, 0.05) is 36.4 Å². The smallest absolute Gasteiger partial charge is 0.289 e. The molecule has 3 heterocycles. The van der Waals surface area contributed by atoms with Gasteiger partial charge in [-0.2, -0.15) is 0 Å². The lowest BCUT2D eigenvalue weighted by atomic mass is 10.0. The molecule has 6 heteroatoms. The molecule has 3 aromatic rings. The zero-order valence-electron chi connectivity index (χ0n) is 13.4. The van der Waals surface area contributed by atoms with Crippen molar-refractivity contribution in [1.82, 2.24) is 14.5 Å². The molecule has 1 fully saturated rings. The van der Waals surface area contributed by atoms with E-state index in [-0.39, 0.29) is 23.3 Å². The molecule has 24 heavy (non-hydrogen) atoms. The number of imidazole rings is 1. The van der Waals surface area contributed by atoms with Gasteiger partial charge in [-0.05, 0) is 25.8 Å². The number of piperidine rings is 1. The van der Waals surface area contributed by atoms with E-state index in [2.05, 4.69) is 4.98 Å². The van der Waals surface area contributed by atoms with E-state index < -0.39 is 5.82 Å². The number of hydrogen-bond acceptors (Lipinski definition) is 3. The van der Waals surface area contributed by atoms with Crippen molar-refractivity contribution in [2.24, 2.45) is 0 Å². The highest BCUT2D eigenvalue weighted by atomic mass is 19.1. The Balaban J connectivity index is 1.64. The van der Waals surface area contributed by atoms with Crippen LogP contribution in [-0.4, -0.2) is 33.4 Å². The van der Waals surface area contributed by atoms with Gasteiger partial charge in [0.25, 0.3) is 5.91 Å². The summed E-state index contributed by atoms with van der Waals surface area (Å²) in [5.74, 6) is -0.376. The molecule has 1 aliphatic heterocycles. The third kappa shape index (κ3) is 2.38. The van der Waals surface area contributed by atoms with Gasteiger partial charge in [0.15, 0.2) is 17.2 Å². The van der Waals surface area contributed by atoms with Gasteiger partial charge in [0.2, 0.25) is 0 Å². The fourth-order valence-corrected chi connectivity index (χ4v) is 3.42. The Hall–Kier alpha value is -2.63. The van der Waals surface area contributed by atoms with Crippen LogP contribution < -0.4 is 0 Å². The normalized spacial score (nSPS) is 18.2. The minimum Gasteiger partial charge on any atom is -0.448 e. The van der Waals surface area contributed by atoms with Crippen molar-refractivity contribution >= 4 is 16.9 Å².